The molecule has 6 aromatic rings. The Labute approximate surface area is 213 Å². The van der Waals surface area contributed by atoms with E-state index in [0.717, 1.165) is 49.7 Å². The van der Waals surface area contributed by atoms with Gasteiger partial charge in [0.15, 0.2) is 0 Å². The third-order valence-electron chi connectivity index (χ3n) is 6.05. The third-order valence-corrected chi connectivity index (χ3v) is 6.58. The number of aromatic nitrogens is 2. The molecule has 0 radical (unpaired) electrons. The van der Waals surface area contributed by atoms with Gasteiger partial charge in [0.2, 0.25) is 0 Å². The Morgan fingerprint density at radius 2 is 1.20 bits per heavy atom. The molecule has 0 N–H and O–H groups in total. The van der Waals surface area contributed by atoms with Crippen molar-refractivity contribution in [1.29, 1.82) is 0 Å². The molecule has 0 atom stereocenters. The van der Waals surface area contributed by atoms with Gasteiger partial charge in [-0.05, 0) is 60.7 Å². The van der Waals surface area contributed by atoms with Crippen LogP contribution in [0.2, 0.25) is 0 Å². The van der Waals surface area contributed by atoms with Crippen molar-refractivity contribution in [3.05, 3.63) is 138 Å². The monoisotopic (exact) mass is 515 g/mol. The van der Waals surface area contributed by atoms with Crippen molar-refractivity contribution < 1.29 is 0 Å². The lowest BCUT2D eigenvalue weighted by molar-refractivity contribution is 1.19. The number of para-hydroxylation sites is 1. The van der Waals surface area contributed by atoms with Gasteiger partial charge in [-0.2, -0.15) is 0 Å². The summed E-state index contributed by atoms with van der Waals surface area (Å²) in [5.41, 5.74) is 8.48. The summed E-state index contributed by atoms with van der Waals surface area (Å²) in [4.78, 5) is 7.28. The van der Waals surface area contributed by atoms with Gasteiger partial charge in [-0.1, -0.05) is 82.7 Å². The van der Waals surface area contributed by atoms with E-state index in [1.54, 1.807) is 0 Å². The van der Waals surface area contributed by atoms with Crippen molar-refractivity contribution in [3.63, 3.8) is 0 Å². The summed E-state index contributed by atoms with van der Waals surface area (Å²) < 4.78 is 3.23. The maximum atomic E-state index is 5.00. The fourth-order valence-electron chi connectivity index (χ4n) is 4.48. The molecule has 0 aliphatic carbocycles. The predicted octanol–water partition coefficient (Wildman–Crippen LogP) is 8.90. The molecular weight excluding hydrogens is 494 g/mol. The largest absolute Gasteiger partial charge is 0.310 e. The standard InChI is InChI=1S/C31H22BrN3/c32-25-17-19-27(20-18-25)35(26-13-5-2-6-14-26)28-15-9-12-24(22-28)31-30(23-10-3-1-4-11-23)33-29-16-7-8-21-34(29)31/h1-22H. The quantitative estimate of drug-likeness (QED) is 0.228. The number of anilines is 3. The van der Waals surface area contributed by atoms with Crippen molar-refractivity contribution >= 4 is 38.6 Å². The molecule has 168 valence electrons. The number of halogens is 1. The van der Waals surface area contributed by atoms with Crippen LogP contribution in [0.1, 0.15) is 0 Å². The number of nitrogens with zero attached hydrogens (tertiary/aromatic N) is 3. The zero-order chi connectivity index (χ0) is 23.6. The van der Waals surface area contributed by atoms with Gasteiger partial charge in [0.05, 0.1) is 11.4 Å². The highest BCUT2D eigenvalue weighted by molar-refractivity contribution is 9.10. The van der Waals surface area contributed by atoms with Gasteiger partial charge < -0.3 is 4.90 Å². The SMILES string of the molecule is Brc1ccc(N(c2ccccc2)c2cccc(-c3c(-c4ccccc4)nc4ccccn34)c2)cc1. The summed E-state index contributed by atoms with van der Waals surface area (Å²) in [5.74, 6) is 0. The Morgan fingerprint density at radius 3 is 1.97 bits per heavy atom. The van der Waals surface area contributed by atoms with Gasteiger partial charge in [0, 0.05) is 38.9 Å². The molecule has 0 aliphatic heterocycles. The van der Waals surface area contributed by atoms with E-state index < -0.39 is 0 Å². The highest BCUT2D eigenvalue weighted by Crippen LogP contribution is 2.39. The van der Waals surface area contributed by atoms with Gasteiger partial charge in [-0.25, -0.2) is 4.98 Å². The Morgan fingerprint density at radius 1 is 0.571 bits per heavy atom. The molecule has 0 spiro atoms. The second kappa shape index (κ2) is 9.24. The fraction of sp³-hybridized carbons (Fsp3) is 0. The Kier molecular flexibility index (Phi) is 5.65. The van der Waals surface area contributed by atoms with E-state index in [4.69, 9.17) is 4.98 Å². The minimum Gasteiger partial charge on any atom is -0.310 e. The lowest BCUT2D eigenvalue weighted by Gasteiger charge is -2.26. The summed E-state index contributed by atoms with van der Waals surface area (Å²) in [6.07, 6.45) is 2.08. The first-order valence-electron chi connectivity index (χ1n) is 11.5. The van der Waals surface area contributed by atoms with E-state index in [-0.39, 0.29) is 0 Å². The zero-order valence-electron chi connectivity index (χ0n) is 18.9. The van der Waals surface area contributed by atoms with Gasteiger partial charge >= 0.3 is 0 Å². The van der Waals surface area contributed by atoms with Crippen molar-refractivity contribution in [2.24, 2.45) is 0 Å². The van der Waals surface area contributed by atoms with Gasteiger partial charge in [0.25, 0.3) is 0 Å². The number of hydrogen-bond acceptors (Lipinski definition) is 2. The highest BCUT2D eigenvalue weighted by atomic mass is 79.9. The molecule has 6 rings (SSSR count). The van der Waals surface area contributed by atoms with Crippen LogP contribution in [0.4, 0.5) is 17.1 Å². The number of rotatable bonds is 5. The van der Waals surface area contributed by atoms with Gasteiger partial charge in [-0.15, -0.1) is 0 Å². The van der Waals surface area contributed by atoms with Crippen LogP contribution >= 0.6 is 15.9 Å². The third kappa shape index (κ3) is 4.13. The second-order valence-corrected chi connectivity index (χ2v) is 9.22. The smallest absolute Gasteiger partial charge is 0.137 e. The molecule has 0 bridgehead atoms. The van der Waals surface area contributed by atoms with E-state index in [2.05, 4.69) is 141 Å². The summed E-state index contributed by atoms with van der Waals surface area (Å²) in [6.45, 7) is 0. The van der Waals surface area contributed by atoms with Crippen LogP contribution in [-0.4, -0.2) is 9.38 Å². The van der Waals surface area contributed by atoms with E-state index in [0.29, 0.717) is 0 Å². The number of fused-ring (bicyclic) bond motifs is 1. The van der Waals surface area contributed by atoms with Crippen molar-refractivity contribution in [2.45, 2.75) is 0 Å². The number of hydrogen-bond donors (Lipinski definition) is 0. The Hall–Kier alpha value is -4.15. The molecule has 0 saturated carbocycles. The van der Waals surface area contributed by atoms with Crippen molar-refractivity contribution in [1.82, 2.24) is 9.38 Å². The first-order valence-corrected chi connectivity index (χ1v) is 12.3. The number of imidazole rings is 1. The Bertz CT molecular complexity index is 1590. The van der Waals surface area contributed by atoms with Crippen LogP contribution in [-0.2, 0) is 0 Å². The van der Waals surface area contributed by atoms with Crippen molar-refractivity contribution in [3.8, 4) is 22.5 Å². The van der Waals surface area contributed by atoms with Gasteiger partial charge in [-0.3, -0.25) is 4.40 Å². The normalized spacial score (nSPS) is 11.0. The molecule has 0 saturated heterocycles. The highest BCUT2D eigenvalue weighted by Gasteiger charge is 2.18. The molecule has 0 aliphatic rings. The molecule has 0 fully saturated rings. The zero-order valence-corrected chi connectivity index (χ0v) is 20.5. The molecular formula is C31H22BrN3. The molecule has 2 aromatic heterocycles. The summed E-state index contributed by atoms with van der Waals surface area (Å²) in [7, 11) is 0. The molecule has 4 aromatic carbocycles. The topological polar surface area (TPSA) is 20.5 Å². The van der Waals surface area contributed by atoms with E-state index in [1.165, 1.54) is 0 Å². The summed E-state index contributed by atoms with van der Waals surface area (Å²) in [6, 6.07) is 44.1. The maximum absolute atomic E-state index is 5.00. The van der Waals surface area contributed by atoms with Crippen LogP contribution in [0.3, 0.4) is 0 Å². The van der Waals surface area contributed by atoms with E-state index >= 15 is 0 Å². The maximum Gasteiger partial charge on any atom is 0.137 e. The van der Waals surface area contributed by atoms with Crippen LogP contribution < -0.4 is 4.90 Å². The molecule has 0 amide bonds. The lowest BCUT2D eigenvalue weighted by Crippen LogP contribution is -2.09. The number of benzene rings is 4. The van der Waals surface area contributed by atoms with Crippen LogP contribution in [0.25, 0.3) is 28.2 Å². The molecule has 2 heterocycles. The van der Waals surface area contributed by atoms with Crippen LogP contribution in [0.15, 0.2) is 138 Å². The number of pyridine rings is 1. The first kappa shape index (κ1) is 21.4. The average molecular weight is 516 g/mol. The second-order valence-electron chi connectivity index (χ2n) is 8.30. The van der Waals surface area contributed by atoms with E-state index in [9.17, 15) is 0 Å². The van der Waals surface area contributed by atoms with Gasteiger partial charge in [0.1, 0.15) is 5.65 Å². The molecule has 0 unspecified atom stereocenters. The van der Waals surface area contributed by atoms with Crippen LogP contribution in [0, 0.1) is 0 Å². The molecule has 4 heteroatoms. The summed E-state index contributed by atoms with van der Waals surface area (Å²) in [5, 5.41) is 0. The van der Waals surface area contributed by atoms with Crippen molar-refractivity contribution in [2.75, 3.05) is 4.90 Å². The van der Waals surface area contributed by atoms with Crippen LogP contribution in [0.5, 0.6) is 0 Å². The first-order chi connectivity index (χ1) is 17.3. The molecule has 3 nitrogen and oxygen atoms in total. The Balaban J connectivity index is 1.55. The minimum atomic E-state index is 0.930. The fourth-order valence-corrected chi connectivity index (χ4v) is 4.74. The van der Waals surface area contributed by atoms with E-state index in [1.807, 2.05) is 18.2 Å². The predicted molar refractivity (Wildman–Crippen MR) is 148 cm³/mol. The minimum absolute atomic E-state index is 0.930. The lowest BCUT2D eigenvalue weighted by atomic mass is 10.0. The average Bonchev–Trinajstić information content (AvgIpc) is 3.31. The summed E-state index contributed by atoms with van der Waals surface area (Å²) >= 11 is 3.57. The molecule has 35 heavy (non-hydrogen) atoms.